The van der Waals surface area contributed by atoms with Crippen molar-refractivity contribution in [3.8, 4) is 34.3 Å². The lowest BCUT2D eigenvalue weighted by Crippen LogP contribution is -2.38. The van der Waals surface area contributed by atoms with Crippen LogP contribution in [-0.4, -0.2) is 56.0 Å². The van der Waals surface area contributed by atoms with E-state index in [2.05, 4.69) is 15.3 Å². The number of alkyl halides is 3. The standard InChI is InChI=1S/C27H24ClF3N4O5/c28-19-6-2-1-5-18(19)24-22(27(29,30)31)23(33-39-24)26-32-25(34-40-26)17-9-7-16(8-10-17)20(36)14-35-11-3-4-15(13-35)12-21(37)38/h1-2,5-10,15,20,36H,3-4,11-14H2,(H,37,38)/t15-,20-/m1/s1. The third kappa shape index (κ3) is 6.03. The first kappa shape index (κ1) is 27.8. The number of hydrogen-bond donors (Lipinski definition) is 2. The van der Waals surface area contributed by atoms with Crippen LogP contribution in [-0.2, 0) is 11.0 Å². The van der Waals surface area contributed by atoms with Crippen LogP contribution in [0.4, 0.5) is 13.2 Å². The summed E-state index contributed by atoms with van der Waals surface area (Å²) < 4.78 is 52.3. The van der Waals surface area contributed by atoms with Crippen LogP contribution >= 0.6 is 11.6 Å². The van der Waals surface area contributed by atoms with Gasteiger partial charge in [-0.2, -0.15) is 18.2 Å². The Bertz CT molecular complexity index is 1490. The maximum Gasteiger partial charge on any atom is 0.422 e. The van der Waals surface area contributed by atoms with Crippen LogP contribution in [0.3, 0.4) is 0 Å². The van der Waals surface area contributed by atoms with Crippen LogP contribution in [0.2, 0.25) is 5.02 Å². The van der Waals surface area contributed by atoms with Gasteiger partial charge in [0.05, 0.1) is 11.1 Å². The molecule has 9 nitrogen and oxygen atoms in total. The number of likely N-dealkylation sites (tertiary alicyclic amines) is 1. The van der Waals surface area contributed by atoms with Crippen LogP contribution in [0.1, 0.15) is 36.5 Å². The molecule has 4 aromatic rings. The van der Waals surface area contributed by atoms with Crippen molar-refractivity contribution in [3.63, 3.8) is 0 Å². The Morgan fingerprint density at radius 3 is 2.58 bits per heavy atom. The highest BCUT2D eigenvalue weighted by Crippen LogP contribution is 2.44. The van der Waals surface area contributed by atoms with E-state index in [9.17, 15) is 23.1 Å². The molecule has 0 saturated carbocycles. The zero-order chi connectivity index (χ0) is 28.4. The number of aliphatic hydroxyl groups is 1. The number of aliphatic hydroxyl groups excluding tert-OH is 1. The highest BCUT2D eigenvalue weighted by atomic mass is 35.5. The minimum atomic E-state index is -4.85. The molecule has 2 aromatic carbocycles. The predicted molar refractivity (Wildman–Crippen MR) is 137 cm³/mol. The molecule has 0 radical (unpaired) electrons. The molecule has 2 atom stereocenters. The smallest absolute Gasteiger partial charge is 0.422 e. The molecule has 2 aromatic heterocycles. The van der Waals surface area contributed by atoms with Crippen LogP contribution in [0, 0.1) is 5.92 Å². The Morgan fingerprint density at radius 1 is 1.12 bits per heavy atom. The molecule has 210 valence electrons. The van der Waals surface area contributed by atoms with Gasteiger partial charge in [-0.05, 0) is 43.0 Å². The number of hydrogen-bond acceptors (Lipinski definition) is 8. The molecule has 0 unspecified atom stereocenters. The monoisotopic (exact) mass is 576 g/mol. The van der Waals surface area contributed by atoms with Gasteiger partial charge in [-0.1, -0.05) is 58.3 Å². The summed E-state index contributed by atoms with van der Waals surface area (Å²) in [7, 11) is 0. The fourth-order valence-electron chi connectivity index (χ4n) is 4.90. The minimum Gasteiger partial charge on any atom is -0.481 e. The fraction of sp³-hybridized carbons (Fsp3) is 0.333. The maximum atomic E-state index is 14.1. The number of rotatable bonds is 8. The first-order valence-corrected chi connectivity index (χ1v) is 12.9. The number of aliphatic carboxylic acids is 1. The highest BCUT2D eigenvalue weighted by molar-refractivity contribution is 6.33. The summed E-state index contributed by atoms with van der Waals surface area (Å²) >= 11 is 6.09. The molecular formula is C27H24ClF3N4O5. The Labute approximate surface area is 231 Å². The average molecular weight is 577 g/mol. The van der Waals surface area contributed by atoms with Crippen LogP contribution in [0.25, 0.3) is 34.3 Å². The molecule has 13 heteroatoms. The Balaban J connectivity index is 1.33. The third-order valence-corrected chi connectivity index (χ3v) is 7.10. The fourth-order valence-corrected chi connectivity index (χ4v) is 5.12. The first-order chi connectivity index (χ1) is 19.1. The zero-order valence-corrected chi connectivity index (χ0v) is 21.7. The molecule has 1 saturated heterocycles. The molecule has 0 spiro atoms. The Hall–Kier alpha value is -3.74. The number of carboxylic acid groups (broad SMARTS) is 1. The quantitative estimate of drug-likeness (QED) is 0.261. The van der Waals surface area contributed by atoms with Crippen molar-refractivity contribution in [1.29, 1.82) is 0 Å². The molecule has 0 amide bonds. The van der Waals surface area contributed by atoms with Gasteiger partial charge >= 0.3 is 12.1 Å². The first-order valence-electron chi connectivity index (χ1n) is 12.5. The Morgan fingerprint density at radius 2 is 1.88 bits per heavy atom. The van der Waals surface area contributed by atoms with E-state index in [1.54, 1.807) is 30.3 Å². The van der Waals surface area contributed by atoms with Crippen molar-refractivity contribution < 1.29 is 37.2 Å². The highest BCUT2D eigenvalue weighted by Gasteiger charge is 2.43. The molecule has 0 aliphatic carbocycles. The number of aromatic nitrogens is 3. The average Bonchev–Trinajstić information content (AvgIpc) is 3.57. The van der Waals surface area contributed by atoms with Crippen molar-refractivity contribution in [2.45, 2.75) is 31.5 Å². The van der Waals surface area contributed by atoms with Gasteiger partial charge in [0.1, 0.15) is 5.56 Å². The number of carboxylic acids is 1. The summed E-state index contributed by atoms with van der Waals surface area (Å²) in [5.74, 6) is -1.79. The molecule has 1 aliphatic rings. The second-order valence-electron chi connectivity index (χ2n) is 9.64. The van der Waals surface area contributed by atoms with Gasteiger partial charge in [-0.15, -0.1) is 0 Å². The molecule has 2 N–H and O–H groups in total. The maximum absolute atomic E-state index is 14.1. The van der Waals surface area contributed by atoms with Gasteiger partial charge in [0.2, 0.25) is 5.82 Å². The van der Waals surface area contributed by atoms with Gasteiger partial charge in [0.15, 0.2) is 11.5 Å². The van der Waals surface area contributed by atoms with Crippen molar-refractivity contribution in [2.24, 2.45) is 5.92 Å². The van der Waals surface area contributed by atoms with Crippen LogP contribution in [0.15, 0.2) is 57.6 Å². The van der Waals surface area contributed by atoms with Gasteiger partial charge in [0, 0.05) is 30.6 Å². The predicted octanol–water partition coefficient (Wildman–Crippen LogP) is 5.95. The number of benzene rings is 2. The summed E-state index contributed by atoms with van der Waals surface area (Å²) in [5.41, 5.74) is -0.749. The third-order valence-electron chi connectivity index (χ3n) is 6.77. The van der Waals surface area contributed by atoms with E-state index in [4.69, 9.17) is 25.8 Å². The van der Waals surface area contributed by atoms with Gasteiger partial charge in [-0.3, -0.25) is 4.79 Å². The van der Waals surface area contributed by atoms with Gasteiger partial charge in [-0.25, -0.2) is 0 Å². The number of halogens is 4. The lowest BCUT2D eigenvalue weighted by molar-refractivity contribution is -0.139. The lowest BCUT2D eigenvalue weighted by Gasteiger charge is -2.33. The molecule has 3 heterocycles. The normalized spacial score (nSPS) is 17.2. The number of carbonyl (C=O) groups is 1. The number of piperidine rings is 1. The van der Waals surface area contributed by atoms with Crippen LogP contribution < -0.4 is 0 Å². The molecule has 1 fully saturated rings. The molecule has 40 heavy (non-hydrogen) atoms. The largest absolute Gasteiger partial charge is 0.481 e. The van der Waals surface area contributed by atoms with E-state index in [0.717, 1.165) is 19.4 Å². The Kier molecular flexibility index (Phi) is 7.92. The van der Waals surface area contributed by atoms with E-state index in [1.165, 1.54) is 18.2 Å². The molecule has 5 rings (SSSR count). The van der Waals surface area contributed by atoms with Crippen molar-refractivity contribution in [3.05, 3.63) is 64.7 Å². The van der Waals surface area contributed by atoms with Crippen molar-refractivity contribution in [1.82, 2.24) is 20.2 Å². The lowest BCUT2D eigenvalue weighted by atomic mass is 9.94. The molecule has 0 bridgehead atoms. The SMILES string of the molecule is O=C(O)C[C@H]1CCCN(C[C@@H](O)c2ccc(-c3noc(-c4noc(-c5ccccc5Cl)c4C(F)(F)F)n3)cc2)C1. The summed E-state index contributed by atoms with van der Waals surface area (Å²) in [6.07, 6.45) is -3.84. The zero-order valence-electron chi connectivity index (χ0n) is 20.9. The van der Waals surface area contributed by atoms with Gasteiger partial charge < -0.3 is 24.2 Å². The van der Waals surface area contributed by atoms with Gasteiger partial charge in [0.25, 0.3) is 5.89 Å². The number of nitrogens with zero attached hydrogens (tertiary/aromatic N) is 4. The van der Waals surface area contributed by atoms with E-state index >= 15 is 0 Å². The van der Waals surface area contributed by atoms with E-state index in [1.807, 2.05) is 4.90 Å². The summed E-state index contributed by atoms with van der Waals surface area (Å²) in [5, 5.41) is 27.2. The number of β-amino-alcohol motifs (C(OH)–C–C–N with tert-alkyl or cyclic N) is 1. The van der Waals surface area contributed by atoms with Crippen molar-refractivity contribution in [2.75, 3.05) is 19.6 Å². The summed E-state index contributed by atoms with van der Waals surface area (Å²) in [6.45, 7) is 1.73. The van der Waals surface area contributed by atoms with E-state index in [0.29, 0.717) is 24.2 Å². The van der Waals surface area contributed by atoms with Crippen molar-refractivity contribution >= 4 is 17.6 Å². The van der Waals surface area contributed by atoms with E-state index in [-0.39, 0.29) is 28.7 Å². The molecule has 1 aliphatic heterocycles. The summed E-state index contributed by atoms with van der Waals surface area (Å²) in [6, 6.07) is 12.5. The van der Waals surface area contributed by atoms with Crippen LogP contribution in [0.5, 0.6) is 0 Å². The topological polar surface area (TPSA) is 126 Å². The second-order valence-corrected chi connectivity index (χ2v) is 10.0. The molecular weight excluding hydrogens is 553 g/mol. The minimum absolute atomic E-state index is 0.0195. The second kappa shape index (κ2) is 11.4. The summed E-state index contributed by atoms with van der Waals surface area (Å²) in [4.78, 5) is 17.2. The van der Waals surface area contributed by atoms with E-state index < -0.39 is 41.2 Å².